The third-order valence-corrected chi connectivity index (χ3v) is 1.58. The van der Waals surface area contributed by atoms with Crippen LogP contribution >= 0.6 is 0 Å². The van der Waals surface area contributed by atoms with E-state index in [1.54, 1.807) is 0 Å². The van der Waals surface area contributed by atoms with E-state index >= 15 is 0 Å². The van der Waals surface area contributed by atoms with Crippen LogP contribution in [0.5, 0.6) is 0 Å². The molecule has 0 radical (unpaired) electrons. The van der Waals surface area contributed by atoms with E-state index < -0.39 is 13.4 Å². The van der Waals surface area contributed by atoms with E-state index in [1.165, 1.54) is 13.1 Å². The quantitative estimate of drug-likeness (QED) is 0.648. The first-order chi connectivity index (χ1) is 5.88. The van der Waals surface area contributed by atoms with E-state index in [1.807, 2.05) is 0 Å². The molecule has 13 heavy (non-hydrogen) atoms. The third kappa shape index (κ3) is 2.97. The minimum atomic E-state index is -4.85. The molecule has 1 aromatic rings. The van der Waals surface area contributed by atoms with Crippen molar-refractivity contribution in [2.45, 2.75) is 13.4 Å². The molecule has 6 heteroatoms. The molecule has 0 bridgehead atoms. The van der Waals surface area contributed by atoms with Gasteiger partial charge in [0.15, 0.2) is 5.43 Å². The summed E-state index contributed by atoms with van der Waals surface area (Å²) in [5, 5.41) is 0. The molecule has 0 aliphatic carbocycles. The van der Waals surface area contributed by atoms with E-state index in [0.717, 1.165) is 16.8 Å². The summed E-state index contributed by atoms with van der Waals surface area (Å²) in [6, 6.07) is 1.14. The second-order valence-corrected chi connectivity index (χ2v) is 2.90. The molecular formula is C7H8BF3NO-. The van der Waals surface area contributed by atoms with Gasteiger partial charge in [0.25, 0.3) is 0 Å². The molecule has 0 unspecified atom stereocenters. The number of aromatic nitrogens is 1. The molecule has 0 N–H and O–H groups in total. The fourth-order valence-electron chi connectivity index (χ4n) is 1.00. The number of hydrogen-bond acceptors (Lipinski definition) is 1. The van der Waals surface area contributed by atoms with E-state index in [0.29, 0.717) is 5.56 Å². The van der Waals surface area contributed by atoms with Crippen molar-refractivity contribution in [1.82, 2.24) is 4.57 Å². The summed E-state index contributed by atoms with van der Waals surface area (Å²) in [5.41, 5.74) is 0.0773. The molecular weight excluding hydrogens is 182 g/mol. The molecule has 2 nitrogen and oxygen atoms in total. The highest BCUT2D eigenvalue weighted by Crippen LogP contribution is 2.10. The SMILES string of the molecule is Cc1cn(C[B-](F)(F)F)ccc1=O. The summed E-state index contributed by atoms with van der Waals surface area (Å²) in [6.45, 7) is -3.36. The van der Waals surface area contributed by atoms with Crippen LogP contribution in [-0.2, 0) is 6.44 Å². The summed E-state index contributed by atoms with van der Waals surface area (Å²) in [4.78, 5) is 10.8. The highest BCUT2D eigenvalue weighted by atomic mass is 19.4. The number of hydrogen-bond donors (Lipinski definition) is 0. The van der Waals surface area contributed by atoms with Gasteiger partial charge in [-0.05, 0) is 13.4 Å². The van der Waals surface area contributed by atoms with Crippen LogP contribution in [0.4, 0.5) is 12.9 Å². The highest BCUT2D eigenvalue weighted by Gasteiger charge is 2.22. The van der Waals surface area contributed by atoms with Crippen LogP contribution < -0.4 is 5.43 Å². The number of pyridine rings is 1. The van der Waals surface area contributed by atoms with E-state index in [4.69, 9.17) is 0 Å². The molecule has 0 spiro atoms. The Morgan fingerprint density at radius 2 is 2.08 bits per heavy atom. The van der Waals surface area contributed by atoms with Gasteiger partial charge in [0.1, 0.15) is 0 Å². The maximum atomic E-state index is 11.9. The van der Waals surface area contributed by atoms with Gasteiger partial charge in [-0.25, -0.2) is 0 Å². The van der Waals surface area contributed by atoms with Crippen molar-refractivity contribution < 1.29 is 12.9 Å². The predicted molar refractivity (Wildman–Crippen MR) is 44.5 cm³/mol. The molecule has 0 amide bonds. The Labute approximate surface area is 73.1 Å². The molecule has 0 atom stereocenters. The fraction of sp³-hybridized carbons (Fsp3) is 0.286. The van der Waals surface area contributed by atoms with Gasteiger partial charge in [0.2, 0.25) is 0 Å². The van der Waals surface area contributed by atoms with Gasteiger partial charge >= 0.3 is 6.98 Å². The van der Waals surface area contributed by atoms with E-state index in [-0.39, 0.29) is 5.43 Å². The van der Waals surface area contributed by atoms with Crippen molar-refractivity contribution in [2.24, 2.45) is 0 Å². The smallest absolute Gasteiger partial charge is 0.448 e. The number of halogens is 3. The van der Waals surface area contributed by atoms with Gasteiger partial charge in [-0.15, -0.1) is 0 Å². The number of rotatable bonds is 2. The zero-order valence-electron chi connectivity index (χ0n) is 7.01. The number of aryl methyl sites for hydroxylation is 1. The zero-order chi connectivity index (χ0) is 10.1. The molecule has 0 saturated carbocycles. The topological polar surface area (TPSA) is 22.0 Å². The first kappa shape index (κ1) is 9.89. The van der Waals surface area contributed by atoms with Gasteiger partial charge in [-0.3, -0.25) is 4.79 Å². The van der Waals surface area contributed by atoms with Crippen molar-refractivity contribution in [3.05, 3.63) is 34.2 Å². The Morgan fingerprint density at radius 3 is 2.54 bits per heavy atom. The van der Waals surface area contributed by atoms with E-state index in [9.17, 15) is 17.7 Å². The molecule has 1 heterocycles. The van der Waals surface area contributed by atoms with Crippen molar-refractivity contribution in [1.29, 1.82) is 0 Å². The summed E-state index contributed by atoms with van der Waals surface area (Å²) in [7, 11) is 0. The molecule has 0 aliphatic rings. The van der Waals surface area contributed by atoms with Gasteiger partial charge in [0.05, 0.1) is 0 Å². The lowest BCUT2D eigenvalue weighted by Crippen LogP contribution is -2.25. The fourth-order valence-corrected chi connectivity index (χ4v) is 1.00. The lowest BCUT2D eigenvalue weighted by molar-refractivity contribution is 0.445. The van der Waals surface area contributed by atoms with Crippen LogP contribution in [0.15, 0.2) is 23.3 Å². The van der Waals surface area contributed by atoms with Crippen molar-refractivity contribution in [3.8, 4) is 0 Å². The van der Waals surface area contributed by atoms with Crippen molar-refractivity contribution >= 4 is 6.98 Å². The van der Waals surface area contributed by atoms with Crippen LogP contribution in [0.25, 0.3) is 0 Å². The first-order valence-corrected chi connectivity index (χ1v) is 3.76. The van der Waals surface area contributed by atoms with Crippen LogP contribution in [0.3, 0.4) is 0 Å². The maximum absolute atomic E-state index is 11.9. The largest absolute Gasteiger partial charge is 0.497 e. The third-order valence-electron chi connectivity index (χ3n) is 1.58. The van der Waals surface area contributed by atoms with Crippen LogP contribution in [0.1, 0.15) is 5.56 Å². The molecule has 0 aromatic carbocycles. The minimum absolute atomic E-state index is 0.245. The Kier molecular flexibility index (Phi) is 2.49. The van der Waals surface area contributed by atoms with Gasteiger partial charge in [0, 0.05) is 24.0 Å². The second-order valence-electron chi connectivity index (χ2n) is 2.90. The molecule has 72 valence electrons. The Balaban J connectivity index is 2.92. The summed E-state index contributed by atoms with van der Waals surface area (Å²) < 4.78 is 36.8. The molecule has 0 saturated heterocycles. The average Bonchev–Trinajstić information content (AvgIpc) is 1.94. The molecule has 1 rings (SSSR count). The first-order valence-electron chi connectivity index (χ1n) is 3.76. The lowest BCUT2D eigenvalue weighted by atomic mass is 9.92. The predicted octanol–water partition coefficient (Wildman–Crippen LogP) is 1.54. The lowest BCUT2D eigenvalue weighted by Gasteiger charge is -2.16. The maximum Gasteiger partial charge on any atom is 0.497 e. The average molecular weight is 190 g/mol. The summed E-state index contributed by atoms with van der Waals surface area (Å²) in [6.07, 6.45) is 1.35. The van der Waals surface area contributed by atoms with Crippen LogP contribution in [0, 0.1) is 6.92 Å². The van der Waals surface area contributed by atoms with Gasteiger partial charge in [-0.1, -0.05) is 0 Å². The molecule has 0 aliphatic heterocycles. The van der Waals surface area contributed by atoms with Crippen LogP contribution in [-0.4, -0.2) is 11.5 Å². The zero-order valence-corrected chi connectivity index (χ0v) is 7.01. The van der Waals surface area contributed by atoms with Gasteiger partial charge < -0.3 is 17.5 Å². The molecule has 1 aromatic heterocycles. The second kappa shape index (κ2) is 3.28. The Bertz CT molecular complexity index is 357. The normalized spacial score (nSPS) is 11.7. The highest BCUT2D eigenvalue weighted by molar-refractivity contribution is 6.57. The summed E-state index contributed by atoms with van der Waals surface area (Å²) >= 11 is 0. The Hall–Kier alpha value is -1.20. The number of nitrogens with zero attached hydrogens (tertiary/aromatic N) is 1. The molecule has 0 fully saturated rings. The van der Waals surface area contributed by atoms with E-state index in [2.05, 4.69) is 0 Å². The standard InChI is InChI=1S/C7H8BF3NO/c1-6-4-12(3-2-7(6)13)5-8(9,10)11/h2-4H,5H2,1H3/q-1. The minimum Gasteiger partial charge on any atom is -0.448 e. The van der Waals surface area contributed by atoms with Gasteiger partial charge in [-0.2, -0.15) is 0 Å². The monoisotopic (exact) mass is 190 g/mol. The van der Waals surface area contributed by atoms with Crippen molar-refractivity contribution in [3.63, 3.8) is 0 Å². The summed E-state index contributed by atoms with van der Waals surface area (Å²) in [5.74, 6) is 0. The van der Waals surface area contributed by atoms with Crippen LogP contribution in [0.2, 0.25) is 0 Å². The van der Waals surface area contributed by atoms with Crippen molar-refractivity contribution in [2.75, 3.05) is 0 Å². The Morgan fingerprint density at radius 1 is 1.46 bits per heavy atom.